The predicted molar refractivity (Wildman–Crippen MR) is 121 cm³/mol. The summed E-state index contributed by atoms with van der Waals surface area (Å²) in [5.41, 5.74) is 1.67. The van der Waals surface area contributed by atoms with Crippen molar-refractivity contribution in [3.8, 4) is 0 Å². The van der Waals surface area contributed by atoms with Crippen molar-refractivity contribution < 1.29 is 41.7 Å². The van der Waals surface area contributed by atoms with Crippen LogP contribution in [-0.4, -0.2) is 99.8 Å². The molecule has 0 radical (unpaired) electrons. The zero-order valence-electron chi connectivity index (χ0n) is 19.8. The van der Waals surface area contributed by atoms with Crippen LogP contribution in [0.2, 0.25) is 0 Å². The molecule has 0 aromatic rings. The Labute approximate surface area is 186 Å². The van der Waals surface area contributed by atoms with Crippen molar-refractivity contribution in [2.75, 3.05) is 80.8 Å². The molecule has 0 unspecified atom stereocenters. The SMILES string of the molecule is C=C[Si](OCC)(OCC)OCC.COCCOC([SiH3])=C(OCCOC)OCCOC. The summed E-state index contributed by atoms with van der Waals surface area (Å²) in [6, 6.07) is 0. The first-order valence-electron chi connectivity index (χ1n) is 10.1. The molecule has 0 N–H and O–H groups in total. The maximum absolute atomic E-state index is 5.49. The Balaban J connectivity index is 0. The van der Waals surface area contributed by atoms with E-state index in [1.807, 2.05) is 20.8 Å². The van der Waals surface area contributed by atoms with Gasteiger partial charge in [0.2, 0.25) is 0 Å². The van der Waals surface area contributed by atoms with Crippen LogP contribution in [0.5, 0.6) is 0 Å². The van der Waals surface area contributed by atoms with Gasteiger partial charge in [-0.1, -0.05) is 6.58 Å². The van der Waals surface area contributed by atoms with Gasteiger partial charge in [0, 0.05) is 41.2 Å². The molecule has 0 saturated carbocycles. The third-order valence-corrected chi connectivity index (χ3v) is 6.49. The molecule has 0 aromatic carbocycles. The third kappa shape index (κ3) is 16.8. The van der Waals surface area contributed by atoms with E-state index < -0.39 is 8.80 Å². The van der Waals surface area contributed by atoms with Crippen LogP contribution in [-0.2, 0) is 41.7 Å². The molecule has 0 atom stereocenters. The average molecular weight is 471 g/mol. The highest BCUT2D eigenvalue weighted by Crippen LogP contribution is 2.10. The van der Waals surface area contributed by atoms with Crippen LogP contribution in [0.25, 0.3) is 0 Å². The quantitative estimate of drug-likeness (QED) is 0.157. The molecule has 0 fully saturated rings. The molecule has 0 spiro atoms. The van der Waals surface area contributed by atoms with E-state index in [9.17, 15) is 0 Å². The Morgan fingerprint density at radius 1 is 0.700 bits per heavy atom. The van der Waals surface area contributed by atoms with E-state index in [-0.39, 0.29) is 0 Å². The summed E-state index contributed by atoms with van der Waals surface area (Å²) >= 11 is 0. The molecule has 0 heterocycles. The molecular formula is C19H42O9Si2. The van der Waals surface area contributed by atoms with Gasteiger partial charge >= 0.3 is 14.7 Å². The molecule has 0 amide bonds. The maximum Gasteiger partial charge on any atom is 0.528 e. The molecule has 30 heavy (non-hydrogen) atoms. The second-order valence-electron chi connectivity index (χ2n) is 5.47. The largest absolute Gasteiger partial charge is 0.528 e. The summed E-state index contributed by atoms with van der Waals surface area (Å²) in [4.78, 5) is 0. The molecule has 11 heteroatoms. The van der Waals surface area contributed by atoms with Crippen molar-refractivity contribution in [1.82, 2.24) is 0 Å². The van der Waals surface area contributed by atoms with Crippen LogP contribution in [0.4, 0.5) is 0 Å². The molecule has 0 saturated heterocycles. The topological polar surface area (TPSA) is 83.1 Å². The number of hydrogen-bond donors (Lipinski definition) is 0. The summed E-state index contributed by atoms with van der Waals surface area (Å²) in [7, 11) is 3.06. The molecular weight excluding hydrogens is 428 g/mol. The van der Waals surface area contributed by atoms with Crippen molar-refractivity contribution in [2.45, 2.75) is 20.8 Å². The minimum Gasteiger partial charge on any atom is -0.494 e. The molecule has 0 bridgehead atoms. The van der Waals surface area contributed by atoms with Crippen molar-refractivity contribution in [2.24, 2.45) is 0 Å². The van der Waals surface area contributed by atoms with E-state index in [1.54, 1.807) is 27.0 Å². The van der Waals surface area contributed by atoms with E-state index >= 15 is 0 Å². The highest BCUT2D eigenvalue weighted by Gasteiger charge is 2.36. The maximum atomic E-state index is 5.49. The first-order valence-corrected chi connectivity index (χ1v) is 12.9. The summed E-state index contributed by atoms with van der Waals surface area (Å²) in [5.74, 6) is 0.423. The lowest BCUT2D eigenvalue weighted by atomic mass is 10.7. The third-order valence-electron chi connectivity index (χ3n) is 3.22. The molecule has 0 rings (SSSR count). The Hall–Kier alpha value is -0.926. The van der Waals surface area contributed by atoms with Gasteiger partial charge in [-0.3, -0.25) is 0 Å². The summed E-state index contributed by atoms with van der Waals surface area (Å²) in [6.45, 7) is 14.1. The van der Waals surface area contributed by atoms with Crippen molar-refractivity contribution in [3.05, 3.63) is 23.6 Å². The van der Waals surface area contributed by atoms with Gasteiger partial charge in [0.05, 0.1) is 30.1 Å². The van der Waals surface area contributed by atoms with Crippen LogP contribution in [0.3, 0.4) is 0 Å². The summed E-state index contributed by atoms with van der Waals surface area (Å²) in [5, 5.41) is 0.722. The Bertz CT molecular complexity index is 394. The van der Waals surface area contributed by atoms with Gasteiger partial charge in [0.25, 0.3) is 0 Å². The van der Waals surface area contributed by atoms with Gasteiger partial charge in [-0.25, -0.2) is 0 Å². The van der Waals surface area contributed by atoms with Gasteiger partial charge in [-0.05, 0) is 26.5 Å². The van der Waals surface area contributed by atoms with Gasteiger partial charge in [0.1, 0.15) is 25.2 Å². The summed E-state index contributed by atoms with van der Waals surface area (Å²) < 4.78 is 47.5. The highest BCUT2D eigenvalue weighted by molar-refractivity contribution is 6.66. The van der Waals surface area contributed by atoms with E-state index in [0.717, 1.165) is 5.38 Å². The monoisotopic (exact) mass is 470 g/mol. The van der Waals surface area contributed by atoms with Gasteiger partial charge in [-0.15, -0.1) is 0 Å². The Morgan fingerprint density at radius 3 is 1.37 bits per heavy atom. The van der Waals surface area contributed by atoms with Gasteiger partial charge < -0.3 is 41.7 Å². The lowest BCUT2D eigenvalue weighted by molar-refractivity contribution is -0.0156. The van der Waals surface area contributed by atoms with E-state index in [2.05, 4.69) is 6.58 Å². The van der Waals surface area contributed by atoms with Crippen LogP contribution < -0.4 is 0 Å². The molecule has 0 aliphatic rings. The highest BCUT2D eigenvalue weighted by atomic mass is 28.4. The normalized spacial score (nSPS) is 10.7. The van der Waals surface area contributed by atoms with Crippen LogP contribution in [0.1, 0.15) is 20.8 Å². The Morgan fingerprint density at radius 2 is 1.07 bits per heavy atom. The second kappa shape index (κ2) is 22.8. The smallest absolute Gasteiger partial charge is 0.494 e. The van der Waals surface area contributed by atoms with E-state index in [4.69, 9.17) is 41.7 Å². The lowest BCUT2D eigenvalue weighted by Gasteiger charge is -2.24. The minimum absolute atomic E-state index is 0.423. The standard InChI is InChI=1S/C11H24O6Si.C8H18O3Si/c1-12-4-7-15-10(16-8-5-13-2)11(18)17-9-6-14-3;1-5-9-12(8-4,10-6-2)11-7-3/h4-9H2,1-3,18H3;8H,4-7H2,1-3H3. The van der Waals surface area contributed by atoms with Crippen molar-refractivity contribution in [1.29, 1.82) is 0 Å². The number of ether oxygens (including phenoxy) is 6. The minimum atomic E-state index is -2.51. The lowest BCUT2D eigenvalue weighted by Crippen LogP contribution is -2.44. The first kappa shape index (κ1) is 31.3. The zero-order chi connectivity index (χ0) is 23.1. The molecule has 180 valence electrons. The fourth-order valence-corrected chi connectivity index (χ4v) is 4.23. The van der Waals surface area contributed by atoms with Crippen LogP contribution in [0.15, 0.2) is 23.6 Å². The van der Waals surface area contributed by atoms with Crippen molar-refractivity contribution >= 4 is 19.0 Å². The van der Waals surface area contributed by atoms with Gasteiger partial charge in [0.15, 0.2) is 0 Å². The Kier molecular flexibility index (Phi) is 23.7. The van der Waals surface area contributed by atoms with E-state index in [0.29, 0.717) is 75.6 Å². The van der Waals surface area contributed by atoms with Crippen LogP contribution in [0, 0.1) is 0 Å². The second-order valence-corrected chi connectivity index (χ2v) is 8.86. The number of methoxy groups -OCH3 is 3. The molecule has 0 aliphatic heterocycles. The van der Waals surface area contributed by atoms with Gasteiger partial charge in [-0.2, -0.15) is 0 Å². The van der Waals surface area contributed by atoms with E-state index in [1.165, 1.54) is 0 Å². The fraction of sp³-hybridized carbons (Fsp3) is 0.789. The summed E-state index contributed by atoms with van der Waals surface area (Å²) in [6.07, 6.45) is 0. The first-order chi connectivity index (χ1) is 14.5. The molecule has 9 nitrogen and oxygen atoms in total. The zero-order valence-corrected chi connectivity index (χ0v) is 22.8. The molecule has 0 aliphatic carbocycles. The number of hydrogen-bond acceptors (Lipinski definition) is 9. The average Bonchev–Trinajstić information content (AvgIpc) is 2.74. The van der Waals surface area contributed by atoms with Crippen LogP contribution >= 0.6 is 0 Å². The number of rotatable bonds is 19. The fourth-order valence-electron chi connectivity index (χ4n) is 1.92. The van der Waals surface area contributed by atoms with Crippen molar-refractivity contribution in [3.63, 3.8) is 0 Å². The predicted octanol–water partition coefficient (Wildman–Crippen LogP) is 1.23. The molecule has 0 aromatic heterocycles.